The molecule has 1 aromatic heterocycles. The third kappa shape index (κ3) is 3.83. The lowest BCUT2D eigenvalue weighted by molar-refractivity contribution is -0.117. The molecule has 1 amide bonds. The van der Waals surface area contributed by atoms with Crippen LogP contribution in [0.15, 0.2) is 18.2 Å². The highest BCUT2D eigenvalue weighted by atomic mass is 35.5. The molecule has 1 aromatic rings. The SMILES string of the molecule is CC(NC(=O)C=Cc1ccc(Cl)s1)C1CCCO1. The van der Waals surface area contributed by atoms with Crippen LogP contribution in [-0.4, -0.2) is 24.7 Å². The van der Waals surface area contributed by atoms with Crippen molar-refractivity contribution in [3.8, 4) is 0 Å². The van der Waals surface area contributed by atoms with Crippen LogP contribution in [-0.2, 0) is 9.53 Å². The van der Waals surface area contributed by atoms with Crippen molar-refractivity contribution in [2.45, 2.75) is 31.9 Å². The monoisotopic (exact) mass is 285 g/mol. The summed E-state index contributed by atoms with van der Waals surface area (Å²) in [6, 6.07) is 3.76. The van der Waals surface area contributed by atoms with E-state index in [1.165, 1.54) is 17.4 Å². The molecule has 2 atom stereocenters. The highest BCUT2D eigenvalue weighted by Crippen LogP contribution is 2.22. The average molecular weight is 286 g/mol. The Morgan fingerprint density at radius 1 is 1.67 bits per heavy atom. The molecule has 0 bridgehead atoms. The van der Waals surface area contributed by atoms with Gasteiger partial charge >= 0.3 is 0 Å². The van der Waals surface area contributed by atoms with E-state index in [2.05, 4.69) is 5.32 Å². The van der Waals surface area contributed by atoms with Crippen molar-refractivity contribution >= 4 is 34.9 Å². The first-order valence-electron chi connectivity index (χ1n) is 6.00. The van der Waals surface area contributed by atoms with Crippen LogP contribution in [0.4, 0.5) is 0 Å². The molecule has 0 saturated carbocycles. The van der Waals surface area contributed by atoms with E-state index in [4.69, 9.17) is 16.3 Å². The van der Waals surface area contributed by atoms with E-state index in [1.807, 2.05) is 19.1 Å². The van der Waals surface area contributed by atoms with Crippen LogP contribution in [0.3, 0.4) is 0 Å². The lowest BCUT2D eigenvalue weighted by atomic mass is 10.1. The number of hydrogen-bond donors (Lipinski definition) is 1. The van der Waals surface area contributed by atoms with Gasteiger partial charge in [-0.25, -0.2) is 0 Å². The maximum absolute atomic E-state index is 11.7. The minimum Gasteiger partial charge on any atom is -0.376 e. The lowest BCUT2D eigenvalue weighted by Crippen LogP contribution is -2.39. The molecule has 3 nitrogen and oxygen atoms in total. The summed E-state index contributed by atoms with van der Waals surface area (Å²) >= 11 is 7.26. The van der Waals surface area contributed by atoms with E-state index in [0.29, 0.717) is 0 Å². The molecule has 0 aliphatic carbocycles. The molecule has 1 N–H and O–H groups in total. The Bertz CT molecular complexity index is 438. The molecule has 1 saturated heterocycles. The fraction of sp³-hybridized carbons (Fsp3) is 0.462. The van der Waals surface area contributed by atoms with Crippen LogP contribution in [0, 0.1) is 0 Å². The minimum absolute atomic E-state index is 0.0524. The summed E-state index contributed by atoms with van der Waals surface area (Å²) < 4.78 is 6.25. The van der Waals surface area contributed by atoms with Crippen molar-refractivity contribution in [1.82, 2.24) is 5.32 Å². The van der Waals surface area contributed by atoms with Gasteiger partial charge in [-0.3, -0.25) is 4.79 Å². The van der Waals surface area contributed by atoms with Gasteiger partial charge in [0.2, 0.25) is 5.91 Å². The Labute approximate surface area is 116 Å². The van der Waals surface area contributed by atoms with Crippen LogP contribution < -0.4 is 5.32 Å². The second-order valence-corrected chi connectivity index (χ2v) is 6.07. The molecular formula is C13H16ClNO2S. The zero-order valence-corrected chi connectivity index (χ0v) is 11.8. The van der Waals surface area contributed by atoms with Gasteiger partial charge in [0.1, 0.15) is 0 Å². The first kappa shape index (κ1) is 13.6. The van der Waals surface area contributed by atoms with Crippen LogP contribution >= 0.6 is 22.9 Å². The molecule has 0 aromatic carbocycles. The van der Waals surface area contributed by atoms with Gasteiger partial charge in [-0.1, -0.05) is 11.6 Å². The Morgan fingerprint density at radius 3 is 3.11 bits per heavy atom. The van der Waals surface area contributed by atoms with Crippen LogP contribution in [0.25, 0.3) is 6.08 Å². The molecule has 5 heteroatoms. The molecular weight excluding hydrogens is 270 g/mol. The largest absolute Gasteiger partial charge is 0.376 e. The van der Waals surface area contributed by atoms with E-state index >= 15 is 0 Å². The summed E-state index contributed by atoms with van der Waals surface area (Å²) in [6.45, 7) is 2.78. The third-order valence-corrected chi connectivity index (χ3v) is 4.08. The quantitative estimate of drug-likeness (QED) is 0.864. The minimum atomic E-state index is -0.0949. The molecule has 2 unspecified atom stereocenters. The number of ether oxygens (including phenoxy) is 1. The van der Waals surface area contributed by atoms with Gasteiger partial charge in [-0.15, -0.1) is 11.3 Å². The zero-order chi connectivity index (χ0) is 13.0. The average Bonchev–Trinajstić information content (AvgIpc) is 2.97. The predicted molar refractivity (Wildman–Crippen MR) is 74.9 cm³/mol. The van der Waals surface area contributed by atoms with Gasteiger partial charge in [0, 0.05) is 17.6 Å². The van der Waals surface area contributed by atoms with Crippen molar-refractivity contribution in [3.63, 3.8) is 0 Å². The zero-order valence-electron chi connectivity index (χ0n) is 10.2. The van der Waals surface area contributed by atoms with Gasteiger partial charge < -0.3 is 10.1 Å². The van der Waals surface area contributed by atoms with Gasteiger partial charge in [0.05, 0.1) is 16.5 Å². The summed E-state index contributed by atoms with van der Waals surface area (Å²) in [6.07, 6.45) is 5.56. The number of thiophene rings is 1. The molecule has 98 valence electrons. The van der Waals surface area contributed by atoms with Gasteiger partial charge in [-0.05, 0) is 38.0 Å². The maximum Gasteiger partial charge on any atom is 0.244 e. The molecule has 2 rings (SSSR count). The summed E-state index contributed by atoms with van der Waals surface area (Å²) in [4.78, 5) is 12.7. The molecule has 1 aliphatic rings. The topological polar surface area (TPSA) is 38.3 Å². The summed E-state index contributed by atoms with van der Waals surface area (Å²) in [5.74, 6) is -0.0949. The number of carbonyl (C=O) groups excluding carboxylic acids is 1. The van der Waals surface area contributed by atoms with E-state index in [1.54, 1.807) is 6.08 Å². The van der Waals surface area contributed by atoms with Crippen LogP contribution in [0.2, 0.25) is 4.34 Å². The molecule has 2 heterocycles. The van der Waals surface area contributed by atoms with Crippen LogP contribution in [0.1, 0.15) is 24.6 Å². The van der Waals surface area contributed by atoms with Crippen LogP contribution in [0.5, 0.6) is 0 Å². The molecule has 0 radical (unpaired) electrons. The first-order chi connectivity index (χ1) is 8.65. The van der Waals surface area contributed by atoms with Gasteiger partial charge in [0.15, 0.2) is 0 Å². The fourth-order valence-electron chi connectivity index (χ4n) is 1.94. The maximum atomic E-state index is 11.7. The molecule has 18 heavy (non-hydrogen) atoms. The van der Waals surface area contributed by atoms with Crippen molar-refractivity contribution in [2.75, 3.05) is 6.61 Å². The number of carbonyl (C=O) groups is 1. The van der Waals surface area contributed by atoms with Gasteiger partial charge in [0.25, 0.3) is 0 Å². The summed E-state index contributed by atoms with van der Waals surface area (Å²) in [5.41, 5.74) is 0. The number of amides is 1. The van der Waals surface area contributed by atoms with Crippen molar-refractivity contribution in [1.29, 1.82) is 0 Å². The van der Waals surface area contributed by atoms with E-state index in [0.717, 1.165) is 28.7 Å². The second-order valence-electron chi connectivity index (χ2n) is 4.32. The lowest BCUT2D eigenvalue weighted by Gasteiger charge is -2.18. The Hall–Kier alpha value is -0.840. The van der Waals surface area contributed by atoms with E-state index in [-0.39, 0.29) is 18.1 Å². The summed E-state index contributed by atoms with van der Waals surface area (Å²) in [7, 11) is 0. The predicted octanol–water partition coefficient (Wildman–Crippen LogP) is 3.10. The number of nitrogens with one attached hydrogen (secondary N) is 1. The molecule has 0 spiro atoms. The van der Waals surface area contributed by atoms with Crippen molar-refractivity contribution < 1.29 is 9.53 Å². The normalized spacial score (nSPS) is 21.3. The summed E-state index contributed by atoms with van der Waals surface area (Å²) in [5, 5.41) is 2.92. The third-order valence-electron chi connectivity index (χ3n) is 2.89. The standard InChI is InChI=1S/C13H16ClNO2S/c1-9(11-3-2-8-17-11)15-13(16)7-5-10-4-6-12(14)18-10/h4-7,9,11H,2-3,8H2,1H3,(H,15,16). The molecule has 1 fully saturated rings. The van der Waals surface area contributed by atoms with E-state index < -0.39 is 0 Å². The highest BCUT2D eigenvalue weighted by molar-refractivity contribution is 7.17. The first-order valence-corrected chi connectivity index (χ1v) is 7.20. The fourth-order valence-corrected chi connectivity index (χ4v) is 2.90. The number of rotatable bonds is 4. The Kier molecular flexibility index (Phi) is 4.80. The van der Waals surface area contributed by atoms with E-state index in [9.17, 15) is 4.79 Å². The Balaban J connectivity index is 1.82. The van der Waals surface area contributed by atoms with Crippen molar-refractivity contribution in [2.24, 2.45) is 0 Å². The number of hydrogen-bond acceptors (Lipinski definition) is 3. The second kappa shape index (κ2) is 6.36. The van der Waals surface area contributed by atoms with Crippen molar-refractivity contribution in [3.05, 3.63) is 27.4 Å². The highest BCUT2D eigenvalue weighted by Gasteiger charge is 2.22. The number of halogens is 1. The van der Waals surface area contributed by atoms with Gasteiger partial charge in [-0.2, -0.15) is 0 Å². The Morgan fingerprint density at radius 2 is 2.50 bits per heavy atom. The molecule has 1 aliphatic heterocycles. The smallest absolute Gasteiger partial charge is 0.244 e.